The minimum atomic E-state index is 0.531. The molecule has 5 nitrogen and oxygen atoms in total. The van der Waals surface area contributed by atoms with Gasteiger partial charge in [0.25, 0.3) is 0 Å². The molecule has 3 aromatic rings. The first-order valence-corrected chi connectivity index (χ1v) is 10.00. The van der Waals surface area contributed by atoms with Crippen LogP contribution in [0.4, 0.5) is 5.82 Å². The number of piperidine rings is 1. The zero-order valence-corrected chi connectivity index (χ0v) is 15.0. The van der Waals surface area contributed by atoms with Crippen molar-refractivity contribution < 1.29 is 0 Å². The Bertz CT molecular complexity index is 882. The lowest BCUT2D eigenvalue weighted by atomic mass is 9.98. The van der Waals surface area contributed by atoms with E-state index in [9.17, 15) is 0 Å². The second kappa shape index (κ2) is 6.33. The van der Waals surface area contributed by atoms with Crippen LogP contribution in [-0.4, -0.2) is 33.0 Å². The fourth-order valence-electron chi connectivity index (χ4n) is 3.95. The number of anilines is 1. The van der Waals surface area contributed by atoms with Crippen molar-refractivity contribution >= 4 is 28.3 Å². The Hall–Kier alpha value is -2.08. The molecular weight excluding hydrogens is 330 g/mol. The summed E-state index contributed by atoms with van der Waals surface area (Å²) in [5, 5.41) is 1.34. The number of hydrogen-bond acceptors (Lipinski definition) is 6. The van der Waals surface area contributed by atoms with Crippen LogP contribution in [0.2, 0.25) is 0 Å². The summed E-state index contributed by atoms with van der Waals surface area (Å²) >= 11 is 1.96. The van der Waals surface area contributed by atoms with Gasteiger partial charge in [0.15, 0.2) is 5.65 Å². The van der Waals surface area contributed by atoms with Crippen molar-refractivity contribution in [3.63, 3.8) is 0 Å². The van der Waals surface area contributed by atoms with E-state index in [1.807, 2.05) is 17.4 Å². The Morgan fingerprint density at radius 2 is 1.92 bits per heavy atom. The first-order valence-electron chi connectivity index (χ1n) is 9.18. The molecule has 5 rings (SSSR count). The smallest absolute Gasteiger partial charge is 0.180 e. The zero-order valence-electron chi connectivity index (χ0n) is 14.2. The normalized spacial score (nSPS) is 20.6. The quantitative estimate of drug-likeness (QED) is 0.704. The van der Waals surface area contributed by atoms with Crippen LogP contribution < -0.4 is 4.90 Å². The van der Waals surface area contributed by atoms with Crippen LogP contribution in [-0.2, 0) is 12.8 Å². The molecule has 1 unspecified atom stereocenters. The van der Waals surface area contributed by atoms with Crippen molar-refractivity contribution in [2.24, 2.45) is 0 Å². The summed E-state index contributed by atoms with van der Waals surface area (Å²) in [7, 11) is 0. The number of aryl methyl sites for hydroxylation is 2. The van der Waals surface area contributed by atoms with Gasteiger partial charge < -0.3 is 4.90 Å². The van der Waals surface area contributed by atoms with Gasteiger partial charge in [-0.25, -0.2) is 15.0 Å². The van der Waals surface area contributed by atoms with Crippen LogP contribution in [0, 0.1) is 0 Å². The number of nitrogens with zero attached hydrogens (tertiary/aromatic N) is 5. The predicted octanol–water partition coefficient (Wildman–Crippen LogP) is 3.74. The third kappa shape index (κ3) is 2.88. The van der Waals surface area contributed by atoms with Gasteiger partial charge >= 0.3 is 0 Å². The highest BCUT2D eigenvalue weighted by Crippen LogP contribution is 2.35. The molecule has 1 saturated heterocycles. The van der Waals surface area contributed by atoms with Crippen molar-refractivity contribution in [1.29, 1.82) is 0 Å². The third-order valence-corrected chi connectivity index (χ3v) is 6.59. The molecular formula is C19H21N5S. The molecule has 1 atom stereocenters. The molecule has 2 aliphatic rings. The lowest BCUT2D eigenvalue weighted by Crippen LogP contribution is -2.34. The topological polar surface area (TPSA) is 54.8 Å². The second-order valence-electron chi connectivity index (χ2n) is 6.98. The number of thiazole rings is 1. The maximum atomic E-state index is 5.00. The van der Waals surface area contributed by atoms with Crippen molar-refractivity contribution in [1.82, 2.24) is 19.9 Å². The largest absolute Gasteiger partial charge is 0.356 e. The van der Waals surface area contributed by atoms with Gasteiger partial charge in [-0.15, -0.1) is 11.3 Å². The first kappa shape index (κ1) is 15.2. The van der Waals surface area contributed by atoms with E-state index >= 15 is 0 Å². The molecule has 0 spiro atoms. The van der Waals surface area contributed by atoms with Crippen molar-refractivity contribution in [2.45, 2.75) is 44.4 Å². The maximum absolute atomic E-state index is 5.00. The van der Waals surface area contributed by atoms with Crippen molar-refractivity contribution in [3.8, 4) is 0 Å². The van der Waals surface area contributed by atoms with E-state index in [1.165, 1.54) is 54.1 Å². The average Bonchev–Trinajstić information content (AvgIpc) is 3.12. The number of rotatable bonds is 2. The molecule has 3 aromatic heterocycles. The van der Waals surface area contributed by atoms with E-state index in [4.69, 9.17) is 9.97 Å². The SMILES string of the molecule is c1cnc2nc(N3CCCC(c4nc5c(s4)CCCC5)C3)ccc2n1. The van der Waals surface area contributed by atoms with Gasteiger partial charge in [-0.2, -0.15) is 0 Å². The van der Waals surface area contributed by atoms with Crippen LogP contribution >= 0.6 is 11.3 Å². The second-order valence-corrected chi connectivity index (χ2v) is 8.10. The van der Waals surface area contributed by atoms with Gasteiger partial charge in [-0.3, -0.25) is 4.98 Å². The third-order valence-electron chi connectivity index (χ3n) is 5.27. The molecule has 4 heterocycles. The van der Waals surface area contributed by atoms with Crippen LogP contribution in [0.5, 0.6) is 0 Å². The summed E-state index contributed by atoms with van der Waals surface area (Å²) in [4.78, 5) is 22.3. The first-order chi connectivity index (χ1) is 12.4. The molecule has 0 N–H and O–H groups in total. The Kier molecular flexibility index (Phi) is 3.85. The van der Waals surface area contributed by atoms with E-state index in [2.05, 4.69) is 20.9 Å². The Morgan fingerprint density at radius 3 is 2.88 bits per heavy atom. The van der Waals surface area contributed by atoms with Crippen LogP contribution in [0.15, 0.2) is 24.5 Å². The molecule has 25 heavy (non-hydrogen) atoms. The maximum Gasteiger partial charge on any atom is 0.180 e. The predicted molar refractivity (Wildman–Crippen MR) is 100 cm³/mol. The number of pyridine rings is 1. The number of aromatic nitrogens is 4. The van der Waals surface area contributed by atoms with Crippen LogP contribution in [0.25, 0.3) is 11.2 Å². The Balaban J connectivity index is 1.40. The van der Waals surface area contributed by atoms with E-state index in [1.54, 1.807) is 12.4 Å². The summed E-state index contributed by atoms with van der Waals surface area (Å²) in [6.45, 7) is 2.06. The minimum Gasteiger partial charge on any atom is -0.356 e. The highest BCUT2D eigenvalue weighted by atomic mass is 32.1. The van der Waals surface area contributed by atoms with Crippen LogP contribution in [0.1, 0.15) is 47.2 Å². The Labute approximate surface area is 151 Å². The molecule has 128 valence electrons. The minimum absolute atomic E-state index is 0.531. The molecule has 0 bridgehead atoms. The van der Waals surface area contributed by atoms with Crippen molar-refractivity contribution in [3.05, 3.63) is 40.1 Å². The average molecular weight is 351 g/mol. The molecule has 0 amide bonds. The van der Waals surface area contributed by atoms with Gasteiger partial charge in [-0.05, 0) is 50.7 Å². The fourth-order valence-corrected chi connectivity index (χ4v) is 5.23. The highest BCUT2D eigenvalue weighted by Gasteiger charge is 2.26. The van der Waals surface area contributed by atoms with Crippen LogP contribution in [0.3, 0.4) is 0 Å². The Morgan fingerprint density at radius 1 is 1.00 bits per heavy atom. The number of fused-ring (bicyclic) bond motifs is 2. The fraction of sp³-hybridized carbons (Fsp3) is 0.474. The monoisotopic (exact) mass is 351 g/mol. The van der Waals surface area contributed by atoms with Gasteiger partial charge in [0.1, 0.15) is 11.3 Å². The van der Waals surface area contributed by atoms with Gasteiger partial charge in [0.05, 0.1) is 10.7 Å². The van der Waals surface area contributed by atoms with E-state index < -0.39 is 0 Å². The standard InChI is InChI=1S/C19H21N5S/c1-2-6-16-14(5-1)22-19(25-16)13-4-3-11-24(12-13)17-8-7-15-18(23-17)21-10-9-20-15/h7-10,13H,1-6,11-12H2. The summed E-state index contributed by atoms with van der Waals surface area (Å²) in [6, 6.07) is 4.10. The van der Waals surface area contributed by atoms with E-state index in [0.717, 1.165) is 30.1 Å². The van der Waals surface area contributed by atoms with E-state index in [0.29, 0.717) is 5.92 Å². The zero-order chi connectivity index (χ0) is 16.6. The molecule has 1 aliphatic carbocycles. The lowest BCUT2D eigenvalue weighted by molar-refractivity contribution is 0.504. The molecule has 0 radical (unpaired) electrons. The summed E-state index contributed by atoms with van der Waals surface area (Å²) in [5.74, 6) is 1.54. The summed E-state index contributed by atoms with van der Waals surface area (Å²) < 4.78 is 0. The van der Waals surface area contributed by atoms with Gasteiger partial charge in [-0.1, -0.05) is 0 Å². The number of hydrogen-bond donors (Lipinski definition) is 0. The molecule has 0 saturated carbocycles. The molecule has 6 heteroatoms. The highest BCUT2D eigenvalue weighted by molar-refractivity contribution is 7.11. The summed E-state index contributed by atoms with van der Waals surface area (Å²) in [6.07, 6.45) is 10.9. The van der Waals surface area contributed by atoms with Gasteiger partial charge in [0.2, 0.25) is 0 Å². The van der Waals surface area contributed by atoms with Crippen molar-refractivity contribution in [2.75, 3.05) is 18.0 Å². The lowest BCUT2D eigenvalue weighted by Gasteiger charge is -2.32. The molecule has 1 aliphatic heterocycles. The molecule has 1 fully saturated rings. The molecule has 0 aromatic carbocycles. The van der Waals surface area contributed by atoms with E-state index in [-0.39, 0.29) is 0 Å². The van der Waals surface area contributed by atoms with Gasteiger partial charge in [0, 0.05) is 36.3 Å². The summed E-state index contributed by atoms with van der Waals surface area (Å²) in [5.41, 5.74) is 2.96.